The first-order valence-electron chi connectivity index (χ1n) is 13.3. The van der Waals surface area contributed by atoms with Crippen LogP contribution in [0, 0.1) is 13.8 Å². The van der Waals surface area contributed by atoms with E-state index in [9.17, 15) is 9.59 Å². The van der Waals surface area contributed by atoms with Crippen LogP contribution in [0.4, 0.5) is 5.69 Å². The number of ether oxygens (including phenoxy) is 2. The zero-order valence-corrected chi connectivity index (χ0v) is 23.4. The number of fused-ring (bicyclic) bond motifs is 2. The van der Waals surface area contributed by atoms with Crippen molar-refractivity contribution in [3.63, 3.8) is 0 Å². The van der Waals surface area contributed by atoms with E-state index in [1.165, 1.54) is 6.42 Å². The number of hydrogen-bond donors (Lipinski definition) is 0. The van der Waals surface area contributed by atoms with E-state index in [0.29, 0.717) is 45.3 Å². The summed E-state index contributed by atoms with van der Waals surface area (Å²) in [5.74, 6) is 0.824. The molecule has 0 bridgehead atoms. The molecule has 1 aliphatic rings. The van der Waals surface area contributed by atoms with Crippen molar-refractivity contribution >= 4 is 34.2 Å². The first kappa shape index (κ1) is 26.8. The van der Waals surface area contributed by atoms with Crippen molar-refractivity contribution in [3.05, 3.63) is 97.9 Å². The maximum atomic E-state index is 13.9. The Morgan fingerprint density at radius 2 is 1.74 bits per heavy atom. The summed E-state index contributed by atoms with van der Waals surface area (Å²) in [6.07, 6.45) is 4.40. The molecule has 1 atom stereocenters. The van der Waals surface area contributed by atoms with Crippen LogP contribution in [0.1, 0.15) is 71.5 Å². The van der Waals surface area contributed by atoms with Gasteiger partial charge >= 0.3 is 0 Å². The molecule has 6 nitrogen and oxygen atoms in total. The fraction of sp³-hybridized carbons (Fsp3) is 0.312. The van der Waals surface area contributed by atoms with Crippen LogP contribution < -0.4 is 19.8 Å². The summed E-state index contributed by atoms with van der Waals surface area (Å²) < 4.78 is 17.8. The molecule has 7 heteroatoms. The third-order valence-electron chi connectivity index (χ3n) is 7.36. The van der Waals surface area contributed by atoms with Gasteiger partial charge < -0.3 is 13.9 Å². The number of methoxy groups -OCH3 is 1. The van der Waals surface area contributed by atoms with Gasteiger partial charge in [0.25, 0.3) is 5.91 Å². The van der Waals surface area contributed by atoms with Crippen LogP contribution in [-0.2, 0) is 0 Å². The van der Waals surface area contributed by atoms with Crippen molar-refractivity contribution in [1.29, 1.82) is 0 Å². The van der Waals surface area contributed by atoms with Crippen molar-refractivity contribution in [2.45, 2.75) is 52.5 Å². The summed E-state index contributed by atoms with van der Waals surface area (Å²) in [4.78, 5) is 29.4. The summed E-state index contributed by atoms with van der Waals surface area (Å²) in [6, 6.07) is 15.5. The number of aryl methyl sites for hydroxylation is 2. The van der Waals surface area contributed by atoms with Crippen LogP contribution in [0.5, 0.6) is 11.5 Å². The maximum Gasteiger partial charge on any atom is 0.295 e. The molecule has 1 aliphatic heterocycles. The van der Waals surface area contributed by atoms with E-state index < -0.39 is 6.04 Å². The number of anilines is 1. The molecule has 3 aromatic carbocycles. The topological polar surface area (TPSA) is 69.0 Å². The average Bonchev–Trinajstić information content (AvgIpc) is 3.23. The van der Waals surface area contributed by atoms with E-state index in [2.05, 4.69) is 6.92 Å². The molecule has 0 radical (unpaired) electrons. The summed E-state index contributed by atoms with van der Waals surface area (Å²) in [6.45, 7) is 6.78. The molecule has 1 amide bonds. The summed E-state index contributed by atoms with van der Waals surface area (Å²) in [5.41, 5.74) is 3.85. The quantitative estimate of drug-likeness (QED) is 0.201. The molecule has 0 saturated heterocycles. The second-order valence-electron chi connectivity index (χ2n) is 9.98. The highest BCUT2D eigenvalue weighted by molar-refractivity contribution is 6.31. The summed E-state index contributed by atoms with van der Waals surface area (Å²) in [7, 11) is 1.59. The Hall–Kier alpha value is -3.77. The van der Waals surface area contributed by atoms with Crippen molar-refractivity contribution in [3.8, 4) is 11.5 Å². The lowest BCUT2D eigenvalue weighted by Gasteiger charge is -2.26. The Kier molecular flexibility index (Phi) is 7.67. The van der Waals surface area contributed by atoms with Crippen molar-refractivity contribution < 1.29 is 18.7 Å². The molecule has 0 aliphatic carbocycles. The number of carbonyl (C=O) groups excluding carboxylic acids is 1. The number of halogens is 1. The van der Waals surface area contributed by atoms with Crippen molar-refractivity contribution in [1.82, 2.24) is 0 Å². The normalized spacial score (nSPS) is 14.6. The molecule has 0 spiro atoms. The third-order valence-corrected chi connectivity index (χ3v) is 7.59. The first-order chi connectivity index (χ1) is 18.8. The molecule has 0 saturated carbocycles. The second-order valence-corrected chi connectivity index (χ2v) is 10.4. The van der Waals surface area contributed by atoms with Gasteiger partial charge in [-0.1, -0.05) is 49.9 Å². The highest BCUT2D eigenvalue weighted by Gasteiger charge is 2.44. The summed E-state index contributed by atoms with van der Waals surface area (Å²) in [5, 5.41) is 0.753. The van der Waals surface area contributed by atoms with Gasteiger partial charge in [-0.2, -0.15) is 0 Å². The number of amides is 1. The second kappa shape index (κ2) is 11.1. The zero-order valence-electron chi connectivity index (χ0n) is 22.7. The molecular weight excluding hydrogens is 514 g/mol. The third kappa shape index (κ3) is 5.01. The molecule has 2 heterocycles. The predicted octanol–water partition coefficient (Wildman–Crippen LogP) is 7.78. The van der Waals surface area contributed by atoms with E-state index in [0.717, 1.165) is 30.4 Å². The molecule has 0 fully saturated rings. The average molecular weight is 546 g/mol. The minimum absolute atomic E-state index is 0.0354. The number of unbranched alkanes of at least 4 members (excludes halogenated alkanes) is 3. The van der Waals surface area contributed by atoms with E-state index >= 15 is 0 Å². The van der Waals surface area contributed by atoms with Crippen LogP contribution in [0.3, 0.4) is 0 Å². The molecule has 39 heavy (non-hydrogen) atoms. The maximum absolute atomic E-state index is 13.9. The highest BCUT2D eigenvalue weighted by Crippen LogP contribution is 2.43. The molecule has 202 valence electrons. The standard InChI is InChI=1S/C32H32ClNO5/c1-5-6-7-8-15-38-26-13-10-21(17-27(26)37-4)29-28-30(35)24-18-22(33)11-14-25(24)39-31(28)32(36)34(29)23-12-9-19(2)20(3)16-23/h9-14,16-18,29H,5-8,15H2,1-4H3. The van der Waals surface area contributed by atoms with Gasteiger partial charge in [-0.15, -0.1) is 0 Å². The van der Waals surface area contributed by atoms with E-state index in [1.807, 2.05) is 50.2 Å². The first-order valence-corrected chi connectivity index (χ1v) is 13.7. The van der Waals surface area contributed by atoms with Crippen molar-refractivity contribution in [2.24, 2.45) is 0 Å². The van der Waals surface area contributed by atoms with Crippen molar-refractivity contribution in [2.75, 3.05) is 18.6 Å². The Morgan fingerprint density at radius 1 is 0.923 bits per heavy atom. The van der Waals surface area contributed by atoms with Gasteiger partial charge in [0, 0.05) is 10.7 Å². The van der Waals surface area contributed by atoms with Crippen LogP contribution in [-0.4, -0.2) is 19.6 Å². The molecule has 1 aromatic heterocycles. The fourth-order valence-corrected chi connectivity index (χ4v) is 5.26. The van der Waals surface area contributed by atoms with Crippen LogP contribution >= 0.6 is 11.6 Å². The van der Waals surface area contributed by atoms with Gasteiger partial charge in [0.1, 0.15) is 5.58 Å². The largest absolute Gasteiger partial charge is 0.493 e. The number of carbonyl (C=O) groups is 1. The molecule has 1 unspecified atom stereocenters. The summed E-state index contributed by atoms with van der Waals surface area (Å²) >= 11 is 6.22. The van der Waals surface area contributed by atoms with Gasteiger partial charge in [-0.05, 0) is 79.4 Å². The lowest BCUT2D eigenvalue weighted by atomic mass is 9.97. The smallest absolute Gasteiger partial charge is 0.295 e. The minimum Gasteiger partial charge on any atom is -0.493 e. The fourth-order valence-electron chi connectivity index (χ4n) is 5.09. The molecule has 0 N–H and O–H groups in total. The van der Waals surface area contributed by atoms with Gasteiger partial charge in [-0.25, -0.2) is 0 Å². The van der Waals surface area contributed by atoms with Gasteiger partial charge in [0.2, 0.25) is 5.76 Å². The number of rotatable bonds is 9. The van der Waals surface area contributed by atoms with E-state index in [-0.39, 0.29) is 22.7 Å². The van der Waals surface area contributed by atoms with E-state index in [1.54, 1.807) is 30.2 Å². The lowest BCUT2D eigenvalue weighted by Crippen LogP contribution is -2.29. The number of nitrogens with zero attached hydrogens (tertiary/aromatic N) is 1. The number of benzene rings is 3. The zero-order chi connectivity index (χ0) is 27.7. The Morgan fingerprint density at radius 3 is 2.49 bits per heavy atom. The van der Waals surface area contributed by atoms with Crippen LogP contribution in [0.15, 0.2) is 63.8 Å². The minimum atomic E-state index is -0.721. The number of hydrogen-bond acceptors (Lipinski definition) is 5. The van der Waals surface area contributed by atoms with Gasteiger partial charge in [0.15, 0.2) is 16.9 Å². The molecule has 5 rings (SSSR count). The highest BCUT2D eigenvalue weighted by atomic mass is 35.5. The Labute approximate surface area is 233 Å². The predicted molar refractivity (Wildman–Crippen MR) is 155 cm³/mol. The van der Waals surface area contributed by atoms with Crippen LogP contribution in [0.25, 0.3) is 11.0 Å². The Bertz CT molecular complexity index is 1610. The van der Waals surface area contributed by atoms with E-state index in [4.69, 9.17) is 25.5 Å². The SMILES string of the molecule is CCCCCCOc1ccc(C2c3c(oc4ccc(Cl)cc4c3=O)C(=O)N2c2ccc(C)c(C)c2)cc1OC. The van der Waals surface area contributed by atoms with Crippen LogP contribution in [0.2, 0.25) is 5.02 Å². The lowest BCUT2D eigenvalue weighted by molar-refractivity contribution is 0.0971. The Balaban J connectivity index is 1.64. The van der Waals surface area contributed by atoms with Gasteiger partial charge in [0.05, 0.1) is 30.7 Å². The monoisotopic (exact) mass is 545 g/mol. The molecule has 4 aromatic rings. The molecular formula is C32H32ClNO5. The van der Waals surface area contributed by atoms with Gasteiger partial charge in [-0.3, -0.25) is 14.5 Å².